The number of hydrogen-bond donors (Lipinski definition) is 0. The SMILES string of the molecule is C[C@@H]1C[C@@H](C)OC(c2[c]cccc2)O1.[HH].[Mg]. The summed E-state index contributed by atoms with van der Waals surface area (Å²) in [6.45, 7) is 4.16. The van der Waals surface area contributed by atoms with Crippen LogP contribution in [0.25, 0.3) is 0 Å². The molecule has 1 aromatic rings. The summed E-state index contributed by atoms with van der Waals surface area (Å²) in [5.74, 6) is 0. The lowest BCUT2D eigenvalue weighted by molar-refractivity contribution is -0.239. The molecule has 2 atom stereocenters. The van der Waals surface area contributed by atoms with Gasteiger partial charge in [0.05, 0.1) is 12.2 Å². The van der Waals surface area contributed by atoms with E-state index in [1.165, 1.54) is 0 Å². The molecule has 0 unspecified atom stereocenters. The lowest BCUT2D eigenvalue weighted by atomic mass is 10.1. The van der Waals surface area contributed by atoms with Crippen molar-refractivity contribution in [1.82, 2.24) is 0 Å². The molecule has 0 aliphatic carbocycles. The molecule has 1 fully saturated rings. The molecule has 0 bridgehead atoms. The van der Waals surface area contributed by atoms with Gasteiger partial charge in [0.25, 0.3) is 0 Å². The Morgan fingerprint density at radius 2 is 1.93 bits per heavy atom. The maximum absolute atomic E-state index is 5.69. The number of benzene rings is 1. The molecule has 1 aliphatic rings. The van der Waals surface area contributed by atoms with Crippen molar-refractivity contribution < 1.29 is 10.9 Å². The van der Waals surface area contributed by atoms with Crippen LogP contribution in [0, 0.1) is 6.07 Å². The van der Waals surface area contributed by atoms with Crippen molar-refractivity contribution in [3.05, 3.63) is 35.9 Å². The third-order valence-electron chi connectivity index (χ3n) is 2.36. The van der Waals surface area contributed by atoms with Crippen molar-refractivity contribution in [1.29, 1.82) is 0 Å². The third-order valence-corrected chi connectivity index (χ3v) is 2.36. The van der Waals surface area contributed by atoms with Gasteiger partial charge < -0.3 is 9.47 Å². The van der Waals surface area contributed by atoms with Crippen LogP contribution in [0.3, 0.4) is 0 Å². The van der Waals surface area contributed by atoms with E-state index in [-0.39, 0.29) is 43.0 Å². The minimum Gasteiger partial charge on any atom is -0.345 e. The second kappa shape index (κ2) is 5.85. The molecule has 79 valence electrons. The zero-order valence-corrected chi connectivity index (χ0v) is 10.7. The average Bonchev–Trinajstić information content (AvgIpc) is 2.18. The van der Waals surface area contributed by atoms with E-state index in [0.717, 1.165) is 12.0 Å². The minimum absolute atomic E-state index is 0. The van der Waals surface area contributed by atoms with Crippen LogP contribution in [-0.4, -0.2) is 35.3 Å². The molecule has 3 heteroatoms. The van der Waals surface area contributed by atoms with Gasteiger partial charge in [0, 0.05) is 30.0 Å². The minimum atomic E-state index is -0.241. The molecule has 1 aliphatic heterocycles. The molecule has 2 nitrogen and oxygen atoms in total. The van der Waals surface area contributed by atoms with Crippen LogP contribution in [0.5, 0.6) is 0 Å². The van der Waals surface area contributed by atoms with Gasteiger partial charge in [0.1, 0.15) is 0 Å². The first kappa shape index (κ1) is 13.0. The van der Waals surface area contributed by atoms with Crippen molar-refractivity contribution in [2.75, 3.05) is 0 Å². The van der Waals surface area contributed by atoms with Crippen LogP contribution in [0.4, 0.5) is 0 Å². The van der Waals surface area contributed by atoms with E-state index in [4.69, 9.17) is 9.47 Å². The van der Waals surface area contributed by atoms with Gasteiger partial charge >= 0.3 is 0 Å². The first-order valence-corrected chi connectivity index (χ1v) is 5.03. The summed E-state index contributed by atoms with van der Waals surface area (Å²) in [5, 5.41) is 0. The van der Waals surface area contributed by atoms with Crippen LogP contribution in [0.2, 0.25) is 0 Å². The van der Waals surface area contributed by atoms with Crippen LogP contribution in [-0.2, 0) is 9.47 Å². The zero-order chi connectivity index (χ0) is 9.97. The van der Waals surface area contributed by atoms with Crippen LogP contribution in [0.15, 0.2) is 24.3 Å². The Kier molecular flexibility index (Phi) is 5.06. The predicted molar refractivity (Wildman–Crippen MR) is 61.6 cm³/mol. The molecule has 1 aromatic carbocycles. The molecular formula is C12H17MgO2. The lowest BCUT2D eigenvalue weighted by Crippen LogP contribution is -2.30. The maximum atomic E-state index is 5.69. The van der Waals surface area contributed by atoms with E-state index in [1.54, 1.807) is 0 Å². The Labute approximate surface area is 109 Å². The van der Waals surface area contributed by atoms with Gasteiger partial charge in [-0.05, 0) is 26.3 Å². The topological polar surface area (TPSA) is 18.5 Å². The van der Waals surface area contributed by atoms with E-state index in [2.05, 4.69) is 19.9 Å². The monoisotopic (exact) mass is 217 g/mol. The Hall–Kier alpha value is -0.0938. The summed E-state index contributed by atoms with van der Waals surface area (Å²) in [5.41, 5.74) is 0.978. The van der Waals surface area contributed by atoms with Gasteiger partial charge in [-0.2, -0.15) is 0 Å². The van der Waals surface area contributed by atoms with E-state index < -0.39 is 0 Å². The summed E-state index contributed by atoms with van der Waals surface area (Å²) in [7, 11) is 0. The first-order valence-electron chi connectivity index (χ1n) is 5.03. The van der Waals surface area contributed by atoms with Crippen molar-refractivity contribution >= 4 is 23.1 Å². The summed E-state index contributed by atoms with van der Waals surface area (Å²) >= 11 is 0. The molecule has 0 aromatic heterocycles. The van der Waals surface area contributed by atoms with Crippen molar-refractivity contribution in [3.63, 3.8) is 0 Å². The second-order valence-electron chi connectivity index (χ2n) is 3.78. The van der Waals surface area contributed by atoms with Gasteiger partial charge in [-0.1, -0.05) is 24.3 Å². The number of ether oxygens (including phenoxy) is 2. The number of rotatable bonds is 1. The Morgan fingerprint density at radius 3 is 2.47 bits per heavy atom. The summed E-state index contributed by atoms with van der Waals surface area (Å²) in [6, 6.07) is 10.9. The van der Waals surface area contributed by atoms with Gasteiger partial charge in [0.2, 0.25) is 0 Å². The first-order chi connectivity index (χ1) is 6.75. The van der Waals surface area contributed by atoms with Crippen molar-refractivity contribution in [2.24, 2.45) is 0 Å². The number of hydrogen-bond acceptors (Lipinski definition) is 2. The van der Waals surface area contributed by atoms with Crippen molar-refractivity contribution in [2.45, 2.75) is 38.8 Å². The Morgan fingerprint density at radius 1 is 1.27 bits per heavy atom. The highest BCUT2D eigenvalue weighted by atomic mass is 24.3. The van der Waals surface area contributed by atoms with E-state index in [0.29, 0.717) is 0 Å². The van der Waals surface area contributed by atoms with E-state index in [1.807, 2.05) is 24.3 Å². The molecule has 0 spiro atoms. The van der Waals surface area contributed by atoms with Gasteiger partial charge in [-0.25, -0.2) is 0 Å². The second-order valence-corrected chi connectivity index (χ2v) is 3.78. The van der Waals surface area contributed by atoms with Gasteiger partial charge in [-0.3, -0.25) is 0 Å². The fraction of sp³-hybridized carbons (Fsp3) is 0.500. The molecule has 15 heavy (non-hydrogen) atoms. The lowest BCUT2D eigenvalue weighted by Gasteiger charge is -2.32. The normalized spacial score (nSPS) is 30.7. The molecular weight excluding hydrogens is 200 g/mol. The van der Waals surface area contributed by atoms with E-state index >= 15 is 0 Å². The van der Waals surface area contributed by atoms with Crippen LogP contribution >= 0.6 is 0 Å². The van der Waals surface area contributed by atoms with Crippen LogP contribution in [0.1, 0.15) is 33.5 Å². The molecule has 0 saturated carbocycles. The summed E-state index contributed by atoms with van der Waals surface area (Å²) in [4.78, 5) is 0. The molecule has 3 radical (unpaired) electrons. The zero-order valence-electron chi connectivity index (χ0n) is 9.27. The molecule has 1 saturated heterocycles. The highest BCUT2D eigenvalue weighted by Gasteiger charge is 2.25. The van der Waals surface area contributed by atoms with Gasteiger partial charge in [-0.15, -0.1) is 0 Å². The molecule has 0 amide bonds. The quantitative estimate of drug-likeness (QED) is 0.673. The van der Waals surface area contributed by atoms with Gasteiger partial charge in [0.15, 0.2) is 6.29 Å². The highest BCUT2D eigenvalue weighted by molar-refractivity contribution is 5.75. The molecule has 0 N–H and O–H groups in total. The Bertz CT molecular complexity index is 284. The highest BCUT2D eigenvalue weighted by Crippen LogP contribution is 2.28. The van der Waals surface area contributed by atoms with Crippen molar-refractivity contribution in [3.8, 4) is 0 Å². The fourth-order valence-electron chi connectivity index (χ4n) is 1.73. The fourth-order valence-corrected chi connectivity index (χ4v) is 1.73. The predicted octanol–water partition coefficient (Wildman–Crippen LogP) is 2.56. The molecule has 1 heterocycles. The largest absolute Gasteiger partial charge is 0.345 e. The molecule has 2 rings (SSSR count). The van der Waals surface area contributed by atoms with Crippen LogP contribution < -0.4 is 0 Å². The third kappa shape index (κ3) is 3.45. The smallest absolute Gasteiger partial charge is 0.185 e. The summed E-state index contributed by atoms with van der Waals surface area (Å²) in [6.07, 6.45) is 1.24. The average molecular weight is 218 g/mol. The summed E-state index contributed by atoms with van der Waals surface area (Å²) < 4.78 is 11.4. The standard InChI is InChI=1S/C12H15O2.Mg.H2/c1-9-8-10(2)14-12(13-9)11-6-4-3-5-7-11;;/h3-6,9-10,12H,8H2,1-2H3;;1H/t9-,10-;;/m1../s1. The Balaban J connectivity index is 0.00000112. The maximum Gasteiger partial charge on any atom is 0.185 e. The van der Waals surface area contributed by atoms with E-state index in [9.17, 15) is 0 Å².